The van der Waals surface area contributed by atoms with E-state index in [9.17, 15) is 4.79 Å². The topological polar surface area (TPSA) is 63.1 Å². The fourth-order valence-electron chi connectivity index (χ4n) is 2.62. The summed E-state index contributed by atoms with van der Waals surface area (Å²) in [5.41, 5.74) is 0. The highest BCUT2D eigenvalue weighted by Gasteiger charge is 2.22. The SMILES string of the molecule is CC(C)N(CC1CCCCN1)C(=O)CCn1ccnn1. The fraction of sp³-hybridized carbons (Fsp3) is 0.786. The summed E-state index contributed by atoms with van der Waals surface area (Å²) in [4.78, 5) is 14.4. The lowest BCUT2D eigenvalue weighted by Gasteiger charge is -2.33. The van der Waals surface area contributed by atoms with Crippen LogP contribution in [0.2, 0.25) is 0 Å². The van der Waals surface area contributed by atoms with E-state index in [4.69, 9.17) is 0 Å². The minimum absolute atomic E-state index is 0.197. The number of aromatic nitrogens is 3. The molecule has 6 nitrogen and oxygen atoms in total. The Morgan fingerprint density at radius 2 is 2.35 bits per heavy atom. The second kappa shape index (κ2) is 7.38. The van der Waals surface area contributed by atoms with Crippen molar-refractivity contribution in [2.75, 3.05) is 13.1 Å². The van der Waals surface area contributed by atoms with Crippen LogP contribution < -0.4 is 5.32 Å². The van der Waals surface area contributed by atoms with E-state index in [0.29, 0.717) is 19.0 Å². The number of carbonyl (C=O) groups is 1. The first-order valence-electron chi connectivity index (χ1n) is 7.54. The normalized spacial score (nSPS) is 19.2. The Hall–Kier alpha value is -1.43. The van der Waals surface area contributed by atoms with Crippen LogP contribution in [0.25, 0.3) is 0 Å². The van der Waals surface area contributed by atoms with Gasteiger partial charge in [0.15, 0.2) is 0 Å². The van der Waals surface area contributed by atoms with Crippen LogP contribution in [-0.4, -0.2) is 51.0 Å². The maximum Gasteiger partial charge on any atom is 0.224 e. The van der Waals surface area contributed by atoms with Crippen molar-refractivity contribution < 1.29 is 4.79 Å². The van der Waals surface area contributed by atoms with Gasteiger partial charge in [0.25, 0.3) is 0 Å². The van der Waals surface area contributed by atoms with E-state index < -0.39 is 0 Å². The van der Waals surface area contributed by atoms with Crippen LogP contribution in [0.3, 0.4) is 0 Å². The molecule has 1 aromatic rings. The molecule has 0 bridgehead atoms. The minimum atomic E-state index is 0.197. The summed E-state index contributed by atoms with van der Waals surface area (Å²) < 4.78 is 1.70. The summed E-state index contributed by atoms with van der Waals surface area (Å²) in [6.07, 6.45) is 7.58. The third-order valence-corrected chi connectivity index (χ3v) is 3.80. The molecular formula is C14H25N5O. The number of hydrogen-bond acceptors (Lipinski definition) is 4. The first kappa shape index (κ1) is 15.0. The van der Waals surface area contributed by atoms with Crippen LogP contribution >= 0.6 is 0 Å². The molecule has 0 saturated carbocycles. The van der Waals surface area contributed by atoms with E-state index in [-0.39, 0.29) is 11.9 Å². The first-order chi connectivity index (χ1) is 9.66. The summed E-state index contributed by atoms with van der Waals surface area (Å²) in [7, 11) is 0. The number of carbonyl (C=O) groups excluding carboxylic acids is 1. The number of nitrogens with zero attached hydrogens (tertiary/aromatic N) is 4. The Balaban J connectivity index is 1.84. The minimum Gasteiger partial charge on any atom is -0.339 e. The van der Waals surface area contributed by atoms with Crippen molar-refractivity contribution in [3.8, 4) is 0 Å². The quantitative estimate of drug-likeness (QED) is 0.845. The Bertz CT molecular complexity index is 398. The molecule has 2 heterocycles. The maximum absolute atomic E-state index is 12.4. The lowest BCUT2D eigenvalue weighted by molar-refractivity contribution is -0.133. The number of nitrogens with one attached hydrogen (secondary N) is 1. The Morgan fingerprint density at radius 1 is 1.50 bits per heavy atom. The lowest BCUT2D eigenvalue weighted by atomic mass is 10.0. The third-order valence-electron chi connectivity index (χ3n) is 3.80. The van der Waals surface area contributed by atoms with Gasteiger partial charge in [-0.1, -0.05) is 11.6 Å². The molecule has 1 aliphatic heterocycles. The van der Waals surface area contributed by atoms with E-state index >= 15 is 0 Å². The van der Waals surface area contributed by atoms with Crippen molar-refractivity contribution >= 4 is 5.91 Å². The molecule has 0 spiro atoms. The lowest BCUT2D eigenvalue weighted by Crippen LogP contribution is -2.48. The van der Waals surface area contributed by atoms with Crippen LogP contribution in [-0.2, 0) is 11.3 Å². The number of amides is 1. The fourth-order valence-corrected chi connectivity index (χ4v) is 2.62. The Labute approximate surface area is 120 Å². The van der Waals surface area contributed by atoms with Gasteiger partial charge in [0, 0.05) is 31.2 Å². The van der Waals surface area contributed by atoms with Gasteiger partial charge in [0.05, 0.1) is 12.7 Å². The molecule has 1 unspecified atom stereocenters. The van der Waals surface area contributed by atoms with Gasteiger partial charge in [-0.05, 0) is 33.2 Å². The van der Waals surface area contributed by atoms with Crippen molar-refractivity contribution in [1.82, 2.24) is 25.2 Å². The maximum atomic E-state index is 12.4. The smallest absolute Gasteiger partial charge is 0.224 e. The Morgan fingerprint density at radius 3 is 2.95 bits per heavy atom. The molecule has 6 heteroatoms. The predicted octanol–water partition coefficient (Wildman–Crippen LogP) is 1.05. The van der Waals surface area contributed by atoms with Crippen molar-refractivity contribution in [3.63, 3.8) is 0 Å². The molecule has 1 aliphatic rings. The molecular weight excluding hydrogens is 254 g/mol. The van der Waals surface area contributed by atoms with E-state index in [0.717, 1.165) is 13.1 Å². The van der Waals surface area contributed by atoms with Crippen molar-refractivity contribution in [2.45, 2.75) is 58.2 Å². The van der Waals surface area contributed by atoms with Crippen LogP contribution in [0.5, 0.6) is 0 Å². The van der Waals surface area contributed by atoms with Gasteiger partial charge >= 0.3 is 0 Å². The zero-order chi connectivity index (χ0) is 14.4. The average molecular weight is 279 g/mol. The van der Waals surface area contributed by atoms with Crippen LogP contribution in [0.1, 0.15) is 39.5 Å². The van der Waals surface area contributed by atoms with Crippen LogP contribution in [0.4, 0.5) is 0 Å². The number of piperidine rings is 1. The second-order valence-electron chi connectivity index (χ2n) is 5.70. The molecule has 1 fully saturated rings. The number of hydrogen-bond donors (Lipinski definition) is 1. The van der Waals surface area contributed by atoms with Crippen molar-refractivity contribution in [1.29, 1.82) is 0 Å². The largest absolute Gasteiger partial charge is 0.339 e. The molecule has 2 rings (SSSR count). The third kappa shape index (κ3) is 4.30. The summed E-state index contributed by atoms with van der Waals surface area (Å²) in [6, 6.07) is 0.684. The van der Waals surface area contributed by atoms with Crippen molar-refractivity contribution in [3.05, 3.63) is 12.4 Å². The summed E-state index contributed by atoms with van der Waals surface area (Å²) in [5.74, 6) is 0.197. The van der Waals surface area contributed by atoms with E-state index in [1.807, 2.05) is 4.90 Å². The van der Waals surface area contributed by atoms with Gasteiger partial charge in [-0.25, -0.2) is 0 Å². The molecule has 0 radical (unpaired) electrons. The highest BCUT2D eigenvalue weighted by Crippen LogP contribution is 2.11. The predicted molar refractivity (Wildman–Crippen MR) is 77.1 cm³/mol. The van der Waals surface area contributed by atoms with Crippen molar-refractivity contribution in [2.24, 2.45) is 0 Å². The van der Waals surface area contributed by atoms with Gasteiger partial charge in [0.2, 0.25) is 5.91 Å². The zero-order valence-electron chi connectivity index (χ0n) is 12.5. The number of aryl methyl sites for hydroxylation is 1. The molecule has 1 N–H and O–H groups in total. The van der Waals surface area contributed by atoms with Gasteiger partial charge < -0.3 is 10.2 Å². The van der Waals surface area contributed by atoms with Gasteiger partial charge in [0.1, 0.15) is 0 Å². The highest BCUT2D eigenvalue weighted by molar-refractivity contribution is 5.76. The summed E-state index contributed by atoms with van der Waals surface area (Å²) in [5, 5.41) is 11.2. The molecule has 112 valence electrons. The molecule has 1 amide bonds. The molecule has 20 heavy (non-hydrogen) atoms. The molecule has 0 aromatic carbocycles. The van der Waals surface area contributed by atoms with Gasteiger partial charge in [-0.15, -0.1) is 5.10 Å². The molecule has 1 atom stereocenters. The van der Waals surface area contributed by atoms with Crippen LogP contribution in [0.15, 0.2) is 12.4 Å². The average Bonchev–Trinajstić information content (AvgIpc) is 2.96. The van der Waals surface area contributed by atoms with Crippen LogP contribution in [0, 0.1) is 0 Å². The molecule has 1 aromatic heterocycles. The van der Waals surface area contributed by atoms with Gasteiger partial charge in [-0.3, -0.25) is 9.48 Å². The first-order valence-corrected chi connectivity index (χ1v) is 7.54. The number of rotatable bonds is 6. The second-order valence-corrected chi connectivity index (χ2v) is 5.70. The monoisotopic (exact) mass is 279 g/mol. The zero-order valence-corrected chi connectivity index (χ0v) is 12.5. The van der Waals surface area contributed by atoms with E-state index in [1.165, 1.54) is 19.3 Å². The van der Waals surface area contributed by atoms with E-state index in [1.54, 1.807) is 17.1 Å². The standard InChI is InChI=1S/C14H25N5O/c1-12(2)19(11-13-5-3-4-7-15-13)14(20)6-9-18-10-8-16-17-18/h8,10,12-13,15H,3-7,9,11H2,1-2H3. The summed E-state index contributed by atoms with van der Waals surface area (Å²) in [6.45, 7) is 6.64. The molecule has 0 aliphatic carbocycles. The van der Waals surface area contributed by atoms with E-state index in [2.05, 4.69) is 29.5 Å². The van der Waals surface area contributed by atoms with Gasteiger partial charge in [-0.2, -0.15) is 0 Å². The summed E-state index contributed by atoms with van der Waals surface area (Å²) >= 11 is 0. The highest BCUT2D eigenvalue weighted by atomic mass is 16.2. The Kier molecular flexibility index (Phi) is 5.52. The molecule has 1 saturated heterocycles.